The number of carbonyl (C=O) groups excluding carboxylic acids is 1. The zero-order valence-corrected chi connectivity index (χ0v) is 12.4. The smallest absolute Gasteiger partial charge is 0.236 e. The highest BCUT2D eigenvalue weighted by Crippen LogP contribution is 2.18. The highest BCUT2D eigenvalue weighted by Gasteiger charge is 2.25. The van der Waals surface area contributed by atoms with Gasteiger partial charge in [0.2, 0.25) is 5.91 Å². The summed E-state index contributed by atoms with van der Waals surface area (Å²) in [5, 5.41) is 0. The molecule has 106 valence electrons. The fourth-order valence-electron chi connectivity index (χ4n) is 2.64. The lowest BCUT2D eigenvalue weighted by atomic mass is 9.93. The third kappa shape index (κ3) is 4.58. The number of likely N-dealkylation sites (tertiary alicyclic amines) is 1. The second-order valence-corrected chi connectivity index (χ2v) is 6.47. The van der Waals surface area contributed by atoms with Crippen LogP contribution in [-0.2, 0) is 4.79 Å². The molecule has 0 saturated carbocycles. The molecule has 1 saturated heterocycles. The first-order valence-electron chi connectivity index (χ1n) is 7.04. The molecule has 0 aromatic carbocycles. The zero-order chi connectivity index (χ0) is 13.8. The molecule has 18 heavy (non-hydrogen) atoms. The van der Waals surface area contributed by atoms with Crippen molar-refractivity contribution in [3.63, 3.8) is 0 Å². The van der Waals surface area contributed by atoms with Gasteiger partial charge < -0.3 is 10.6 Å². The molecule has 1 heterocycles. The van der Waals surface area contributed by atoms with Crippen molar-refractivity contribution >= 4 is 5.91 Å². The van der Waals surface area contributed by atoms with Crippen molar-refractivity contribution in [3.8, 4) is 0 Å². The first-order chi connectivity index (χ1) is 8.35. The van der Waals surface area contributed by atoms with Crippen molar-refractivity contribution in [3.05, 3.63) is 0 Å². The maximum absolute atomic E-state index is 12.2. The van der Waals surface area contributed by atoms with Crippen molar-refractivity contribution < 1.29 is 4.79 Å². The van der Waals surface area contributed by atoms with E-state index in [0.29, 0.717) is 19.1 Å². The minimum absolute atomic E-state index is 0.0720. The van der Waals surface area contributed by atoms with Crippen LogP contribution in [-0.4, -0.2) is 55.0 Å². The van der Waals surface area contributed by atoms with Gasteiger partial charge in [0.05, 0.1) is 6.54 Å². The van der Waals surface area contributed by atoms with E-state index in [0.717, 1.165) is 25.9 Å². The van der Waals surface area contributed by atoms with Crippen LogP contribution in [0.3, 0.4) is 0 Å². The standard InChI is InChI=1S/C14H29N3O/c1-12-7-5-6-8-17(12)13(18)9-16(4)11-14(2,3)10-15/h12H,5-11,15H2,1-4H3. The molecule has 0 aromatic heterocycles. The summed E-state index contributed by atoms with van der Waals surface area (Å²) in [7, 11) is 2.00. The Morgan fingerprint density at radius 2 is 2.11 bits per heavy atom. The van der Waals surface area contributed by atoms with Crippen LogP contribution in [0.15, 0.2) is 0 Å². The molecule has 1 rings (SSSR count). The van der Waals surface area contributed by atoms with E-state index in [2.05, 4.69) is 25.7 Å². The average molecular weight is 255 g/mol. The minimum Gasteiger partial charge on any atom is -0.339 e. The summed E-state index contributed by atoms with van der Waals surface area (Å²) in [5.41, 5.74) is 5.80. The highest BCUT2D eigenvalue weighted by molar-refractivity contribution is 5.78. The molecule has 1 atom stereocenters. The number of likely N-dealkylation sites (N-methyl/N-ethyl adjacent to an activating group) is 1. The Morgan fingerprint density at radius 1 is 1.44 bits per heavy atom. The van der Waals surface area contributed by atoms with Gasteiger partial charge in [0, 0.05) is 19.1 Å². The minimum atomic E-state index is 0.0720. The van der Waals surface area contributed by atoms with Crippen LogP contribution >= 0.6 is 0 Å². The van der Waals surface area contributed by atoms with Gasteiger partial charge in [-0.3, -0.25) is 9.69 Å². The maximum atomic E-state index is 12.2. The molecule has 2 N–H and O–H groups in total. The van der Waals surface area contributed by atoms with E-state index >= 15 is 0 Å². The van der Waals surface area contributed by atoms with E-state index in [1.165, 1.54) is 6.42 Å². The number of piperidine rings is 1. The average Bonchev–Trinajstić information content (AvgIpc) is 2.28. The first-order valence-corrected chi connectivity index (χ1v) is 7.04. The fourth-order valence-corrected chi connectivity index (χ4v) is 2.64. The van der Waals surface area contributed by atoms with Crippen LogP contribution in [0.4, 0.5) is 0 Å². The second-order valence-electron chi connectivity index (χ2n) is 6.47. The summed E-state index contributed by atoms with van der Waals surface area (Å²) in [6.45, 7) is 9.36. The van der Waals surface area contributed by atoms with Gasteiger partial charge in [0.1, 0.15) is 0 Å². The Morgan fingerprint density at radius 3 is 2.67 bits per heavy atom. The lowest BCUT2D eigenvalue weighted by Crippen LogP contribution is -2.48. The SMILES string of the molecule is CC1CCCCN1C(=O)CN(C)CC(C)(C)CN. The van der Waals surface area contributed by atoms with Gasteiger partial charge in [-0.25, -0.2) is 0 Å². The largest absolute Gasteiger partial charge is 0.339 e. The van der Waals surface area contributed by atoms with E-state index in [-0.39, 0.29) is 11.3 Å². The van der Waals surface area contributed by atoms with Gasteiger partial charge >= 0.3 is 0 Å². The normalized spacial score (nSPS) is 21.4. The molecule has 0 aromatic rings. The zero-order valence-electron chi connectivity index (χ0n) is 12.4. The predicted octanol–water partition coefficient (Wildman–Crippen LogP) is 1.30. The molecular formula is C14H29N3O. The molecule has 1 fully saturated rings. The Bertz CT molecular complexity index is 278. The predicted molar refractivity (Wildman–Crippen MR) is 75.4 cm³/mol. The number of rotatable bonds is 5. The summed E-state index contributed by atoms with van der Waals surface area (Å²) < 4.78 is 0. The molecule has 0 bridgehead atoms. The lowest BCUT2D eigenvalue weighted by molar-refractivity contribution is -0.135. The van der Waals surface area contributed by atoms with Crippen molar-refractivity contribution in [1.82, 2.24) is 9.80 Å². The molecule has 1 aliphatic heterocycles. The third-order valence-corrected chi connectivity index (χ3v) is 3.78. The van der Waals surface area contributed by atoms with E-state index in [4.69, 9.17) is 5.73 Å². The summed E-state index contributed by atoms with van der Waals surface area (Å²) in [4.78, 5) is 16.4. The Kier molecular flexibility index (Phi) is 5.60. The lowest BCUT2D eigenvalue weighted by Gasteiger charge is -2.35. The van der Waals surface area contributed by atoms with E-state index in [1.54, 1.807) is 0 Å². The van der Waals surface area contributed by atoms with Crippen LogP contribution < -0.4 is 5.73 Å². The Hall–Kier alpha value is -0.610. The first kappa shape index (κ1) is 15.4. The molecular weight excluding hydrogens is 226 g/mol. The van der Waals surface area contributed by atoms with Crippen molar-refractivity contribution in [2.24, 2.45) is 11.1 Å². The van der Waals surface area contributed by atoms with Crippen molar-refractivity contribution in [2.45, 2.75) is 46.1 Å². The molecule has 1 unspecified atom stereocenters. The highest BCUT2D eigenvalue weighted by atomic mass is 16.2. The number of hydrogen-bond donors (Lipinski definition) is 1. The van der Waals surface area contributed by atoms with Crippen LogP contribution in [0, 0.1) is 5.41 Å². The Labute approximate surface area is 111 Å². The third-order valence-electron chi connectivity index (χ3n) is 3.78. The summed E-state index contributed by atoms with van der Waals surface area (Å²) in [5.74, 6) is 0.262. The van der Waals surface area contributed by atoms with Gasteiger partial charge in [-0.1, -0.05) is 13.8 Å². The van der Waals surface area contributed by atoms with Crippen LogP contribution in [0.2, 0.25) is 0 Å². The van der Waals surface area contributed by atoms with Crippen LogP contribution in [0.5, 0.6) is 0 Å². The van der Waals surface area contributed by atoms with Gasteiger partial charge in [0.15, 0.2) is 0 Å². The summed E-state index contributed by atoms with van der Waals surface area (Å²) in [6, 6.07) is 0.405. The van der Waals surface area contributed by atoms with E-state index in [9.17, 15) is 4.79 Å². The molecule has 0 radical (unpaired) electrons. The monoisotopic (exact) mass is 255 g/mol. The number of carbonyl (C=O) groups is 1. The Balaban J connectivity index is 2.43. The quantitative estimate of drug-likeness (QED) is 0.805. The topological polar surface area (TPSA) is 49.6 Å². The van der Waals surface area contributed by atoms with Gasteiger partial charge in [-0.2, -0.15) is 0 Å². The maximum Gasteiger partial charge on any atom is 0.236 e. The molecule has 0 aliphatic carbocycles. The summed E-state index contributed by atoms with van der Waals surface area (Å²) in [6.07, 6.45) is 3.54. The fraction of sp³-hybridized carbons (Fsp3) is 0.929. The number of nitrogens with zero attached hydrogens (tertiary/aromatic N) is 2. The van der Waals surface area contributed by atoms with Crippen LogP contribution in [0.1, 0.15) is 40.0 Å². The molecule has 4 nitrogen and oxygen atoms in total. The molecule has 1 aliphatic rings. The van der Waals surface area contributed by atoms with Gasteiger partial charge in [0.25, 0.3) is 0 Å². The summed E-state index contributed by atoms with van der Waals surface area (Å²) >= 11 is 0. The number of hydrogen-bond acceptors (Lipinski definition) is 3. The van der Waals surface area contributed by atoms with Gasteiger partial charge in [-0.15, -0.1) is 0 Å². The van der Waals surface area contributed by atoms with E-state index in [1.807, 2.05) is 11.9 Å². The molecule has 4 heteroatoms. The second kappa shape index (κ2) is 6.53. The molecule has 1 amide bonds. The number of amides is 1. The number of nitrogens with two attached hydrogens (primary N) is 1. The van der Waals surface area contributed by atoms with Crippen molar-refractivity contribution in [2.75, 3.05) is 33.2 Å². The van der Waals surface area contributed by atoms with Gasteiger partial charge in [-0.05, 0) is 45.2 Å². The molecule has 0 spiro atoms. The van der Waals surface area contributed by atoms with Crippen LogP contribution in [0.25, 0.3) is 0 Å². The van der Waals surface area contributed by atoms with Crippen molar-refractivity contribution in [1.29, 1.82) is 0 Å². The van der Waals surface area contributed by atoms with E-state index < -0.39 is 0 Å².